The highest BCUT2D eigenvalue weighted by Gasteiger charge is 2.27. The number of fused-ring (bicyclic) bond motifs is 1. The van der Waals surface area contributed by atoms with Crippen molar-refractivity contribution in [3.8, 4) is 0 Å². The lowest BCUT2D eigenvalue weighted by Crippen LogP contribution is -2.38. The number of H-pyrrole nitrogens is 1. The first-order valence-corrected chi connectivity index (χ1v) is 8.83. The first-order valence-electron chi connectivity index (χ1n) is 7.28. The number of hydrogen-bond acceptors (Lipinski definition) is 3. The summed E-state index contributed by atoms with van der Waals surface area (Å²) in [5.74, 6) is 0. The van der Waals surface area contributed by atoms with Crippen molar-refractivity contribution in [2.45, 2.75) is 24.5 Å². The molecule has 0 atom stereocenters. The molecule has 5 nitrogen and oxygen atoms in total. The Morgan fingerprint density at radius 3 is 2.81 bits per heavy atom. The van der Waals surface area contributed by atoms with E-state index in [2.05, 4.69) is 9.71 Å². The van der Waals surface area contributed by atoms with Gasteiger partial charge in [-0.05, 0) is 30.9 Å². The average Bonchev–Trinajstić information content (AvgIpc) is 2.92. The molecule has 0 aliphatic carbocycles. The topological polar surface area (TPSA) is 71.2 Å². The second-order valence-corrected chi connectivity index (χ2v) is 7.41. The largest absolute Gasteiger partial charge is 0.381 e. The minimum Gasteiger partial charge on any atom is -0.381 e. The van der Waals surface area contributed by atoms with E-state index in [0.717, 1.165) is 16.5 Å². The molecule has 0 saturated carbocycles. The minimum atomic E-state index is -3.23. The maximum Gasteiger partial charge on any atom is 0.214 e. The molecule has 21 heavy (non-hydrogen) atoms. The zero-order chi connectivity index (χ0) is 14.7. The fourth-order valence-corrected chi connectivity index (χ4v) is 4.21. The molecule has 0 spiro atoms. The van der Waals surface area contributed by atoms with Crippen LogP contribution >= 0.6 is 0 Å². The highest BCUT2D eigenvalue weighted by Crippen LogP contribution is 2.18. The second-order valence-electron chi connectivity index (χ2n) is 5.36. The van der Waals surface area contributed by atoms with Crippen LogP contribution in [0.4, 0.5) is 0 Å². The van der Waals surface area contributed by atoms with Gasteiger partial charge in [-0.3, -0.25) is 0 Å². The predicted octanol–water partition coefficient (Wildman–Crippen LogP) is 1.81. The van der Waals surface area contributed by atoms with E-state index >= 15 is 0 Å². The summed E-state index contributed by atoms with van der Waals surface area (Å²) in [6.07, 6.45) is 3.81. The quantitative estimate of drug-likeness (QED) is 0.885. The van der Waals surface area contributed by atoms with Gasteiger partial charge in [0.2, 0.25) is 10.0 Å². The molecule has 114 valence electrons. The Balaban J connectivity index is 1.60. The average molecular weight is 308 g/mol. The van der Waals surface area contributed by atoms with Crippen LogP contribution in [0.2, 0.25) is 0 Å². The van der Waals surface area contributed by atoms with E-state index in [-0.39, 0.29) is 5.25 Å². The SMILES string of the molecule is O=S(=O)(NCCc1c[nH]c2ccccc12)C1CCOCC1. The molecule has 1 aliphatic heterocycles. The number of benzene rings is 1. The summed E-state index contributed by atoms with van der Waals surface area (Å²) >= 11 is 0. The smallest absolute Gasteiger partial charge is 0.214 e. The van der Waals surface area contributed by atoms with E-state index in [9.17, 15) is 8.42 Å². The van der Waals surface area contributed by atoms with Crippen molar-refractivity contribution in [3.05, 3.63) is 36.0 Å². The molecule has 0 unspecified atom stereocenters. The van der Waals surface area contributed by atoms with Crippen LogP contribution in [0.5, 0.6) is 0 Å². The van der Waals surface area contributed by atoms with Crippen LogP contribution in [0.3, 0.4) is 0 Å². The van der Waals surface area contributed by atoms with Gasteiger partial charge in [-0.15, -0.1) is 0 Å². The molecule has 6 heteroatoms. The van der Waals surface area contributed by atoms with Gasteiger partial charge >= 0.3 is 0 Å². The standard InChI is InChI=1S/C15H20N2O3S/c18-21(19,13-6-9-20-10-7-13)17-8-5-12-11-16-15-4-2-1-3-14(12)15/h1-4,11,13,16-17H,5-10H2. The second kappa shape index (κ2) is 6.17. The van der Waals surface area contributed by atoms with Gasteiger partial charge in [0, 0.05) is 36.9 Å². The number of nitrogens with one attached hydrogen (secondary N) is 2. The normalized spacial score (nSPS) is 17.3. The van der Waals surface area contributed by atoms with Crippen LogP contribution in [0.1, 0.15) is 18.4 Å². The van der Waals surface area contributed by atoms with Crippen molar-refractivity contribution in [1.82, 2.24) is 9.71 Å². The Bertz CT molecular complexity index is 703. The van der Waals surface area contributed by atoms with Crippen molar-refractivity contribution >= 4 is 20.9 Å². The summed E-state index contributed by atoms with van der Waals surface area (Å²) in [5, 5.41) is 0.844. The Labute approximate surface area is 124 Å². The fourth-order valence-electron chi connectivity index (χ4n) is 2.77. The van der Waals surface area contributed by atoms with Gasteiger partial charge in [0.05, 0.1) is 5.25 Å². The summed E-state index contributed by atoms with van der Waals surface area (Å²) in [7, 11) is -3.23. The van der Waals surface area contributed by atoms with Gasteiger partial charge in [-0.25, -0.2) is 13.1 Å². The number of aromatic amines is 1. The summed E-state index contributed by atoms with van der Waals surface area (Å²) < 4.78 is 32.4. The number of aromatic nitrogens is 1. The Hall–Kier alpha value is -1.37. The lowest BCUT2D eigenvalue weighted by Gasteiger charge is -2.22. The molecule has 0 amide bonds. The summed E-state index contributed by atoms with van der Waals surface area (Å²) in [6, 6.07) is 8.04. The van der Waals surface area contributed by atoms with E-state index in [1.165, 1.54) is 0 Å². The third kappa shape index (κ3) is 3.28. The minimum absolute atomic E-state index is 0.311. The van der Waals surface area contributed by atoms with E-state index < -0.39 is 10.0 Å². The van der Waals surface area contributed by atoms with Crippen molar-refractivity contribution in [3.63, 3.8) is 0 Å². The van der Waals surface area contributed by atoms with Gasteiger partial charge in [0.25, 0.3) is 0 Å². The van der Waals surface area contributed by atoms with Crippen molar-refractivity contribution in [2.24, 2.45) is 0 Å². The number of rotatable bonds is 5. The summed E-state index contributed by atoms with van der Waals surface area (Å²) in [5.41, 5.74) is 2.22. The molecule has 0 bridgehead atoms. The molecule has 1 aromatic carbocycles. The monoisotopic (exact) mass is 308 g/mol. The Morgan fingerprint density at radius 1 is 1.24 bits per heavy atom. The van der Waals surface area contributed by atoms with Crippen LogP contribution in [0.15, 0.2) is 30.5 Å². The Morgan fingerprint density at radius 2 is 2.00 bits per heavy atom. The molecule has 2 heterocycles. The summed E-state index contributed by atoms with van der Waals surface area (Å²) in [6.45, 7) is 1.50. The lowest BCUT2D eigenvalue weighted by molar-refractivity contribution is 0.0981. The van der Waals surface area contributed by atoms with Crippen molar-refractivity contribution < 1.29 is 13.2 Å². The van der Waals surface area contributed by atoms with Crippen LogP contribution < -0.4 is 4.72 Å². The first-order chi connectivity index (χ1) is 10.2. The van der Waals surface area contributed by atoms with Crippen LogP contribution in [-0.2, 0) is 21.2 Å². The van der Waals surface area contributed by atoms with E-state index in [1.807, 2.05) is 30.5 Å². The number of sulfonamides is 1. The zero-order valence-corrected chi connectivity index (χ0v) is 12.7. The molecule has 0 radical (unpaired) electrons. The molecule has 1 aromatic heterocycles. The third-order valence-corrected chi connectivity index (χ3v) is 5.94. The predicted molar refractivity (Wildman–Crippen MR) is 82.8 cm³/mol. The van der Waals surface area contributed by atoms with Gasteiger partial charge in [0.15, 0.2) is 0 Å². The van der Waals surface area contributed by atoms with Gasteiger partial charge in [-0.1, -0.05) is 18.2 Å². The van der Waals surface area contributed by atoms with Crippen molar-refractivity contribution in [1.29, 1.82) is 0 Å². The molecule has 3 rings (SSSR count). The molecule has 1 aliphatic rings. The molecular weight excluding hydrogens is 288 g/mol. The van der Waals surface area contributed by atoms with E-state index in [0.29, 0.717) is 39.0 Å². The van der Waals surface area contributed by atoms with Gasteiger partial charge in [-0.2, -0.15) is 0 Å². The van der Waals surface area contributed by atoms with Gasteiger partial charge in [0.1, 0.15) is 0 Å². The molecule has 1 saturated heterocycles. The van der Waals surface area contributed by atoms with Crippen molar-refractivity contribution in [2.75, 3.05) is 19.8 Å². The third-order valence-electron chi connectivity index (χ3n) is 3.98. The molecule has 1 fully saturated rings. The number of hydrogen-bond donors (Lipinski definition) is 2. The number of para-hydroxylation sites is 1. The lowest BCUT2D eigenvalue weighted by atomic mass is 10.1. The van der Waals surface area contributed by atoms with Crippen LogP contribution in [-0.4, -0.2) is 38.4 Å². The molecule has 2 aromatic rings. The fraction of sp³-hybridized carbons (Fsp3) is 0.467. The van der Waals surface area contributed by atoms with Crippen LogP contribution in [0.25, 0.3) is 10.9 Å². The highest BCUT2D eigenvalue weighted by molar-refractivity contribution is 7.90. The maximum absolute atomic E-state index is 12.2. The van der Waals surface area contributed by atoms with E-state index in [1.54, 1.807) is 0 Å². The molecular formula is C15H20N2O3S. The summed E-state index contributed by atoms with van der Waals surface area (Å²) in [4.78, 5) is 3.21. The number of ether oxygens (including phenoxy) is 1. The van der Waals surface area contributed by atoms with E-state index in [4.69, 9.17) is 4.74 Å². The molecule has 2 N–H and O–H groups in total. The Kier molecular flexibility index (Phi) is 4.28. The first kappa shape index (κ1) is 14.6. The maximum atomic E-state index is 12.2. The highest BCUT2D eigenvalue weighted by atomic mass is 32.2. The van der Waals surface area contributed by atoms with Gasteiger partial charge < -0.3 is 9.72 Å². The van der Waals surface area contributed by atoms with Crippen LogP contribution in [0, 0.1) is 0 Å². The zero-order valence-electron chi connectivity index (χ0n) is 11.8.